The molecular weight excluding hydrogens is 332 g/mol. The van der Waals surface area contributed by atoms with Gasteiger partial charge in [0.1, 0.15) is 6.04 Å². The molecule has 1 N–H and O–H groups in total. The zero-order chi connectivity index (χ0) is 18.5. The van der Waals surface area contributed by atoms with E-state index in [9.17, 15) is 9.59 Å². The fraction of sp³-hybridized carbons (Fsp3) is 0.300. The molecule has 1 heterocycles. The summed E-state index contributed by atoms with van der Waals surface area (Å²) in [5.74, 6) is 1.03. The fourth-order valence-corrected chi connectivity index (χ4v) is 3.10. The zero-order valence-electron chi connectivity index (χ0n) is 14.9. The van der Waals surface area contributed by atoms with E-state index >= 15 is 0 Å². The molecule has 1 aliphatic heterocycles. The van der Waals surface area contributed by atoms with Crippen molar-refractivity contribution in [3.63, 3.8) is 0 Å². The Labute approximate surface area is 152 Å². The summed E-state index contributed by atoms with van der Waals surface area (Å²) in [5.41, 5.74) is 1.67. The number of nitrogens with zero attached hydrogens (tertiary/aromatic N) is 1. The Balaban J connectivity index is 1.63. The highest BCUT2D eigenvalue weighted by Gasteiger charge is 2.37. The molecule has 2 aromatic carbocycles. The largest absolute Gasteiger partial charge is 0.493 e. The minimum absolute atomic E-state index is 0.112. The van der Waals surface area contributed by atoms with Gasteiger partial charge < -0.3 is 19.7 Å². The average Bonchev–Trinajstić information content (AvgIpc) is 2.90. The summed E-state index contributed by atoms with van der Waals surface area (Å²) in [6, 6.07) is 14.4. The normalized spacial score (nSPS) is 15.5. The number of anilines is 1. The van der Waals surface area contributed by atoms with E-state index < -0.39 is 6.04 Å². The van der Waals surface area contributed by atoms with Gasteiger partial charge in [-0.2, -0.15) is 0 Å². The van der Waals surface area contributed by atoms with Gasteiger partial charge in [-0.25, -0.2) is 0 Å². The molecule has 0 radical (unpaired) electrons. The number of amides is 2. The molecule has 0 saturated carbocycles. The summed E-state index contributed by atoms with van der Waals surface area (Å²) in [6.45, 7) is 2.39. The van der Waals surface area contributed by atoms with Crippen molar-refractivity contribution in [1.29, 1.82) is 0 Å². The van der Waals surface area contributed by atoms with E-state index in [0.29, 0.717) is 31.1 Å². The number of fused-ring (bicyclic) bond motifs is 1. The molecule has 1 atom stereocenters. The molecule has 0 bridgehead atoms. The van der Waals surface area contributed by atoms with Gasteiger partial charge in [0.25, 0.3) is 5.91 Å². The Morgan fingerprint density at radius 3 is 2.54 bits per heavy atom. The summed E-state index contributed by atoms with van der Waals surface area (Å²) in [5, 5.41) is 2.73. The number of para-hydroxylation sites is 3. The minimum atomic E-state index is -0.612. The molecule has 6 heteroatoms. The van der Waals surface area contributed by atoms with Crippen molar-refractivity contribution in [1.82, 2.24) is 5.32 Å². The highest BCUT2D eigenvalue weighted by atomic mass is 16.5. The van der Waals surface area contributed by atoms with E-state index in [-0.39, 0.29) is 11.8 Å². The number of benzene rings is 2. The highest BCUT2D eigenvalue weighted by molar-refractivity contribution is 6.06. The molecule has 2 aromatic rings. The van der Waals surface area contributed by atoms with Gasteiger partial charge >= 0.3 is 0 Å². The van der Waals surface area contributed by atoms with Crippen LogP contribution in [0.25, 0.3) is 0 Å². The standard InChI is InChI=1S/C20H22N2O4/c1-14(23)21-19-15-8-3-4-9-16(15)22(20(19)24)12-7-13-26-18-11-6-5-10-17(18)25-2/h3-6,8-11,19H,7,12-13H2,1-2H3,(H,21,23). The predicted molar refractivity (Wildman–Crippen MR) is 98.5 cm³/mol. The maximum Gasteiger partial charge on any atom is 0.254 e. The predicted octanol–water partition coefficient (Wildman–Crippen LogP) is 2.69. The molecule has 1 unspecified atom stereocenters. The molecule has 1 aliphatic rings. The van der Waals surface area contributed by atoms with Crippen molar-refractivity contribution in [2.75, 3.05) is 25.2 Å². The lowest BCUT2D eigenvalue weighted by Crippen LogP contribution is -2.37. The van der Waals surface area contributed by atoms with Gasteiger partial charge in [0.05, 0.1) is 13.7 Å². The first-order chi connectivity index (χ1) is 12.6. The Morgan fingerprint density at radius 2 is 1.81 bits per heavy atom. The van der Waals surface area contributed by atoms with Gasteiger partial charge in [-0.3, -0.25) is 9.59 Å². The molecule has 2 amide bonds. The molecule has 26 heavy (non-hydrogen) atoms. The third kappa shape index (κ3) is 3.64. The molecular formula is C20H22N2O4. The van der Waals surface area contributed by atoms with Crippen molar-refractivity contribution in [2.24, 2.45) is 0 Å². The number of carbonyl (C=O) groups excluding carboxylic acids is 2. The van der Waals surface area contributed by atoms with E-state index in [1.54, 1.807) is 12.0 Å². The number of nitrogens with one attached hydrogen (secondary N) is 1. The lowest BCUT2D eigenvalue weighted by Gasteiger charge is -2.18. The van der Waals surface area contributed by atoms with Crippen LogP contribution in [0.3, 0.4) is 0 Å². The molecule has 3 rings (SSSR count). The van der Waals surface area contributed by atoms with Crippen LogP contribution in [-0.2, 0) is 9.59 Å². The number of carbonyl (C=O) groups is 2. The zero-order valence-corrected chi connectivity index (χ0v) is 14.9. The molecule has 0 spiro atoms. The van der Waals surface area contributed by atoms with E-state index in [0.717, 1.165) is 11.3 Å². The summed E-state index contributed by atoms with van der Waals surface area (Å²) >= 11 is 0. The first-order valence-corrected chi connectivity index (χ1v) is 8.55. The Kier molecular flexibility index (Phi) is 5.41. The highest BCUT2D eigenvalue weighted by Crippen LogP contribution is 2.35. The van der Waals surface area contributed by atoms with Crippen LogP contribution in [-0.4, -0.2) is 32.1 Å². The fourth-order valence-electron chi connectivity index (χ4n) is 3.10. The monoisotopic (exact) mass is 354 g/mol. The third-order valence-electron chi connectivity index (χ3n) is 4.25. The lowest BCUT2D eigenvalue weighted by molar-refractivity contribution is -0.126. The number of ether oxygens (including phenoxy) is 2. The summed E-state index contributed by atoms with van der Waals surface area (Å²) in [7, 11) is 1.60. The Hall–Kier alpha value is -3.02. The van der Waals surface area contributed by atoms with E-state index in [2.05, 4.69) is 5.32 Å². The van der Waals surface area contributed by atoms with Crippen LogP contribution in [0.15, 0.2) is 48.5 Å². The van der Waals surface area contributed by atoms with Crippen LogP contribution in [0.2, 0.25) is 0 Å². The smallest absolute Gasteiger partial charge is 0.254 e. The second-order valence-corrected chi connectivity index (χ2v) is 6.04. The van der Waals surface area contributed by atoms with Crippen LogP contribution >= 0.6 is 0 Å². The summed E-state index contributed by atoms with van der Waals surface area (Å²) in [4.78, 5) is 25.8. The SMILES string of the molecule is COc1ccccc1OCCCN1C(=O)C(NC(C)=O)c2ccccc21. The van der Waals surface area contributed by atoms with Crippen molar-refractivity contribution >= 4 is 17.5 Å². The first-order valence-electron chi connectivity index (χ1n) is 8.55. The van der Waals surface area contributed by atoms with Gasteiger partial charge in [0.2, 0.25) is 5.91 Å². The second kappa shape index (κ2) is 7.91. The quantitative estimate of drug-likeness (QED) is 0.776. The van der Waals surface area contributed by atoms with E-state index in [4.69, 9.17) is 9.47 Å². The summed E-state index contributed by atoms with van der Waals surface area (Å²) in [6.07, 6.45) is 0.658. The van der Waals surface area contributed by atoms with E-state index in [1.165, 1.54) is 6.92 Å². The maximum atomic E-state index is 12.7. The number of hydrogen-bond donors (Lipinski definition) is 1. The molecule has 136 valence electrons. The van der Waals surface area contributed by atoms with Crippen molar-refractivity contribution in [3.8, 4) is 11.5 Å². The molecule has 0 aliphatic carbocycles. The van der Waals surface area contributed by atoms with Crippen LogP contribution in [0.4, 0.5) is 5.69 Å². The first kappa shape index (κ1) is 17.8. The lowest BCUT2D eigenvalue weighted by atomic mass is 10.1. The van der Waals surface area contributed by atoms with E-state index in [1.807, 2.05) is 48.5 Å². The van der Waals surface area contributed by atoms with Crippen LogP contribution < -0.4 is 19.7 Å². The molecule has 6 nitrogen and oxygen atoms in total. The van der Waals surface area contributed by atoms with Gasteiger partial charge in [0.15, 0.2) is 11.5 Å². The third-order valence-corrected chi connectivity index (χ3v) is 4.25. The molecule has 0 saturated heterocycles. The van der Waals surface area contributed by atoms with Crippen LogP contribution in [0, 0.1) is 0 Å². The number of rotatable bonds is 7. The van der Waals surface area contributed by atoms with Gasteiger partial charge in [-0.1, -0.05) is 30.3 Å². The van der Waals surface area contributed by atoms with Gasteiger partial charge in [-0.15, -0.1) is 0 Å². The van der Waals surface area contributed by atoms with Crippen LogP contribution in [0.5, 0.6) is 11.5 Å². The Bertz CT molecular complexity index is 806. The number of methoxy groups -OCH3 is 1. The van der Waals surface area contributed by atoms with Crippen LogP contribution in [0.1, 0.15) is 24.9 Å². The minimum Gasteiger partial charge on any atom is -0.493 e. The molecule has 0 aromatic heterocycles. The maximum absolute atomic E-state index is 12.7. The summed E-state index contributed by atoms with van der Waals surface area (Å²) < 4.78 is 11.0. The van der Waals surface area contributed by atoms with Gasteiger partial charge in [0, 0.05) is 24.7 Å². The van der Waals surface area contributed by atoms with Crippen molar-refractivity contribution in [2.45, 2.75) is 19.4 Å². The van der Waals surface area contributed by atoms with Crippen molar-refractivity contribution < 1.29 is 19.1 Å². The van der Waals surface area contributed by atoms with Gasteiger partial charge in [-0.05, 0) is 24.6 Å². The number of hydrogen-bond acceptors (Lipinski definition) is 4. The average molecular weight is 354 g/mol. The Morgan fingerprint density at radius 1 is 1.12 bits per heavy atom. The second-order valence-electron chi connectivity index (χ2n) is 6.04. The van der Waals surface area contributed by atoms with Crippen molar-refractivity contribution in [3.05, 3.63) is 54.1 Å². The molecule has 0 fully saturated rings. The topological polar surface area (TPSA) is 67.9 Å².